The molecule has 1 heterocycles. The van der Waals surface area contributed by atoms with Crippen molar-refractivity contribution in [2.75, 3.05) is 25.5 Å². The molecule has 24 heavy (non-hydrogen) atoms. The highest BCUT2D eigenvalue weighted by atomic mass is 16.5. The molecule has 1 aromatic carbocycles. The third-order valence-electron chi connectivity index (χ3n) is 3.53. The number of rotatable bonds is 8. The van der Waals surface area contributed by atoms with Crippen LogP contribution in [0.25, 0.3) is 0 Å². The molecule has 0 aliphatic carbocycles. The van der Waals surface area contributed by atoms with E-state index in [0.29, 0.717) is 18.1 Å². The van der Waals surface area contributed by atoms with Crippen molar-refractivity contribution in [2.24, 2.45) is 0 Å². The van der Waals surface area contributed by atoms with Gasteiger partial charge in [0.05, 0.1) is 17.9 Å². The molecule has 0 spiro atoms. The fourth-order valence-corrected chi connectivity index (χ4v) is 2.19. The van der Waals surface area contributed by atoms with E-state index in [0.717, 1.165) is 30.8 Å². The lowest BCUT2D eigenvalue weighted by molar-refractivity contribution is 0.0792. The van der Waals surface area contributed by atoms with Gasteiger partial charge in [-0.3, -0.25) is 4.79 Å². The minimum atomic E-state index is -0.0651. The van der Waals surface area contributed by atoms with Gasteiger partial charge in [-0.15, -0.1) is 0 Å². The summed E-state index contributed by atoms with van der Waals surface area (Å²) in [5.74, 6) is 1.10. The number of nitrogens with one attached hydrogen (secondary N) is 1. The zero-order valence-electron chi connectivity index (χ0n) is 14.5. The Labute approximate surface area is 142 Å². The Bertz CT molecular complexity index is 658. The molecule has 0 bridgehead atoms. The number of para-hydroxylation sites is 2. The first-order chi connectivity index (χ1) is 11.7. The number of ether oxygens (including phenoxy) is 1. The zero-order chi connectivity index (χ0) is 17.4. The highest BCUT2D eigenvalue weighted by Gasteiger charge is 2.12. The molecule has 0 aliphatic heterocycles. The fraction of sp³-hybridized carbons (Fsp3) is 0.389. The van der Waals surface area contributed by atoms with Crippen molar-refractivity contribution >= 4 is 17.5 Å². The van der Waals surface area contributed by atoms with Gasteiger partial charge in [-0.05, 0) is 25.5 Å². The van der Waals surface area contributed by atoms with Crippen LogP contribution in [0.5, 0.6) is 5.75 Å². The van der Waals surface area contributed by atoms with Crippen LogP contribution < -0.4 is 10.1 Å². The number of anilines is 2. The molecule has 0 radical (unpaired) electrons. The van der Waals surface area contributed by atoms with Crippen molar-refractivity contribution in [3.8, 4) is 5.75 Å². The summed E-state index contributed by atoms with van der Waals surface area (Å²) >= 11 is 0. The number of aromatic nitrogens is 2. The number of nitrogens with zero attached hydrogens (tertiary/aromatic N) is 3. The number of hydrogen-bond acceptors (Lipinski definition) is 5. The minimum absolute atomic E-state index is 0.0651. The second-order valence-electron chi connectivity index (χ2n) is 5.43. The Balaban J connectivity index is 2.06. The third-order valence-corrected chi connectivity index (χ3v) is 3.53. The molecule has 1 N–H and O–H groups in total. The first kappa shape index (κ1) is 17.7. The van der Waals surface area contributed by atoms with Crippen LogP contribution in [-0.4, -0.2) is 41.0 Å². The van der Waals surface area contributed by atoms with Gasteiger partial charge in [0.1, 0.15) is 5.75 Å². The smallest absolute Gasteiger partial charge is 0.256 e. The summed E-state index contributed by atoms with van der Waals surface area (Å²) < 4.78 is 5.56. The predicted octanol–water partition coefficient (Wildman–Crippen LogP) is 3.49. The van der Waals surface area contributed by atoms with Crippen molar-refractivity contribution in [2.45, 2.75) is 26.7 Å². The normalized spacial score (nSPS) is 10.3. The van der Waals surface area contributed by atoms with E-state index in [4.69, 9.17) is 4.74 Å². The van der Waals surface area contributed by atoms with Crippen LogP contribution in [0.1, 0.15) is 37.0 Å². The maximum atomic E-state index is 12.3. The van der Waals surface area contributed by atoms with E-state index in [-0.39, 0.29) is 5.91 Å². The number of unbranched alkanes of at least 4 members (excludes halogenated alkanes) is 1. The maximum absolute atomic E-state index is 12.3. The van der Waals surface area contributed by atoms with E-state index >= 15 is 0 Å². The molecule has 6 heteroatoms. The Hall–Kier alpha value is -2.63. The summed E-state index contributed by atoms with van der Waals surface area (Å²) in [5.41, 5.74) is 1.27. The van der Waals surface area contributed by atoms with Gasteiger partial charge in [-0.2, -0.15) is 0 Å². The Morgan fingerprint density at radius 2 is 1.92 bits per heavy atom. The van der Waals surface area contributed by atoms with Crippen molar-refractivity contribution in [1.29, 1.82) is 0 Å². The van der Waals surface area contributed by atoms with Crippen LogP contribution in [0.3, 0.4) is 0 Å². The minimum Gasteiger partial charge on any atom is -0.492 e. The predicted molar refractivity (Wildman–Crippen MR) is 94.8 cm³/mol. The van der Waals surface area contributed by atoms with Crippen LogP contribution in [0.2, 0.25) is 0 Å². The molecule has 0 unspecified atom stereocenters. The average molecular weight is 328 g/mol. The van der Waals surface area contributed by atoms with Gasteiger partial charge >= 0.3 is 0 Å². The van der Waals surface area contributed by atoms with Crippen LogP contribution in [0.4, 0.5) is 11.6 Å². The first-order valence-corrected chi connectivity index (χ1v) is 8.22. The van der Waals surface area contributed by atoms with Gasteiger partial charge in [-0.1, -0.05) is 25.5 Å². The lowest BCUT2D eigenvalue weighted by atomic mass is 10.2. The summed E-state index contributed by atoms with van der Waals surface area (Å²) in [5, 5.41) is 3.11. The highest BCUT2D eigenvalue weighted by molar-refractivity contribution is 5.93. The first-order valence-electron chi connectivity index (χ1n) is 8.22. The SMILES string of the molecule is CCCCN(C)C(=O)c1cnc(Nc2ccccc2OCC)nc1. The number of hydrogen-bond donors (Lipinski definition) is 1. The van der Waals surface area contributed by atoms with Crippen LogP contribution in [0, 0.1) is 0 Å². The van der Waals surface area contributed by atoms with E-state index in [1.165, 1.54) is 0 Å². The summed E-state index contributed by atoms with van der Waals surface area (Å²) in [6.45, 7) is 5.35. The Morgan fingerprint density at radius 3 is 2.58 bits per heavy atom. The molecule has 0 atom stereocenters. The quantitative estimate of drug-likeness (QED) is 0.803. The topological polar surface area (TPSA) is 67.4 Å². The average Bonchev–Trinajstić information content (AvgIpc) is 2.61. The van der Waals surface area contributed by atoms with E-state index < -0.39 is 0 Å². The summed E-state index contributed by atoms with van der Waals surface area (Å²) in [4.78, 5) is 22.4. The van der Waals surface area contributed by atoms with Crippen molar-refractivity contribution in [3.05, 3.63) is 42.2 Å². The van der Waals surface area contributed by atoms with Gasteiger partial charge in [0.15, 0.2) is 0 Å². The molecular formula is C18H24N4O2. The Morgan fingerprint density at radius 1 is 1.21 bits per heavy atom. The fourth-order valence-electron chi connectivity index (χ4n) is 2.19. The molecular weight excluding hydrogens is 304 g/mol. The molecule has 0 saturated carbocycles. The summed E-state index contributed by atoms with van der Waals surface area (Å²) in [6, 6.07) is 7.59. The second kappa shape index (κ2) is 8.86. The number of carbonyl (C=O) groups is 1. The number of benzene rings is 1. The van der Waals surface area contributed by atoms with Crippen LogP contribution >= 0.6 is 0 Å². The molecule has 1 aromatic heterocycles. The molecule has 2 aromatic rings. The van der Waals surface area contributed by atoms with Crippen molar-refractivity contribution in [3.63, 3.8) is 0 Å². The molecule has 6 nitrogen and oxygen atoms in total. The summed E-state index contributed by atoms with van der Waals surface area (Å²) in [7, 11) is 1.79. The number of amides is 1. The molecule has 0 fully saturated rings. The van der Waals surface area contributed by atoms with E-state index in [1.807, 2.05) is 31.2 Å². The second-order valence-corrected chi connectivity index (χ2v) is 5.43. The lowest BCUT2D eigenvalue weighted by Crippen LogP contribution is -2.27. The van der Waals surface area contributed by atoms with E-state index in [2.05, 4.69) is 22.2 Å². The molecule has 128 valence electrons. The molecule has 2 rings (SSSR count). The highest BCUT2D eigenvalue weighted by Crippen LogP contribution is 2.25. The van der Waals surface area contributed by atoms with Crippen LogP contribution in [0.15, 0.2) is 36.7 Å². The molecule has 0 aliphatic rings. The van der Waals surface area contributed by atoms with Gasteiger partial charge in [0.25, 0.3) is 5.91 Å². The molecule has 1 amide bonds. The zero-order valence-corrected chi connectivity index (χ0v) is 14.5. The van der Waals surface area contributed by atoms with Crippen molar-refractivity contribution in [1.82, 2.24) is 14.9 Å². The van der Waals surface area contributed by atoms with E-state index in [1.54, 1.807) is 24.3 Å². The van der Waals surface area contributed by atoms with Gasteiger partial charge in [0.2, 0.25) is 5.95 Å². The van der Waals surface area contributed by atoms with Gasteiger partial charge in [0, 0.05) is 26.0 Å². The monoisotopic (exact) mass is 328 g/mol. The van der Waals surface area contributed by atoms with Gasteiger partial charge < -0.3 is 15.0 Å². The number of carbonyl (C=O) groups excluding carboxylic acids is 1. The third kappa shape index (κ3) is 4.68. The summed E-state index contributed by atoms with van der Waals surface area (Å²) in [6.07, 6.45) is 5.12. The largest absolute Gasteiger partial charge is 0.492 e. The standard InChI is InChI=1S/C18H24N4O2/c1-4-6-11-22(3)17(23)14-12-19-18(20-13-14)21-15-9-7-8-10-16(15)24-5-2/h7-10,12-13H,4-6,11H2,1-3H3,(H,19,20,21). The maximum Gasteiger partial charge on any atom is 0.256 e. The lowest BCUT2D eigenvalue weighted by Gasteiger charge is -2.16. The van der Waals surface area contributed by atoms with Gasteiger partial charge in [-0.25, -0.2) is 9.97 Å². The van der Waals surface area contributed by atoms with Crippen LogP contribution in [-0.2, 0) is 0 Å². The van der Waals surface area contributed by atoms with Crippen molar-refractivity contribution < 1.29 is 9.53 Å². The molecule has 0 saturated heterocycles. The van der Waals surface area contributed by atoms with E-state index in [9.17, 15) is 4.79 Å². The Kier molecular flexibility index (Phi) is 6.54.